The van der Waals surface area contributed by atoms with E-state index in [1.807, 2.05) is 0 Å². The third kappa shape index (κ3) is 1.86. The molecule has 7 aliphatic rings. The Balaban J connectivity index is 1.38. The van der Waals surface area contributed by atoms with Gasteiger partial charge in [0.15, 0.2) is 0 Å². The van der Waals surface area contributed by atoms with Crippen molar-refractivity contribution >= 4 is 23.9 Å². The minimum Gasteiger partial charge on any atom is -0.419 e. The largest absolute Gasteiger partial charge is 0.419 e. The molecule has 0 N–H and O–H groups in total. The van der Waals surface area contributed by atoms with Crippen LogP contribution in [-0.2, 0) is 38.1 Å². The fourth-order valence-electron chi connectivity index (χ4n) is 8.39. The standard InChI is InChI=1S/C23H22O8/c1-22(2)28-18(24)16(19(25)29-22)14-10-6-5-7-9-8(6)12(14)13(9)15(11(7)10)17-20(26)30-23(3,4)31-21(17)27/h6-13H,5H2,1-4H3/t6-,7+,8-,9+,10+,11-,12-,13-/m0/s1. The van der Waals surface area contributed by atoms with E-state index in [9.17, 15) is 19.2 Å². The van der Waals surface area contributed by atoms with Crippen LogP contribution in [0.4, 0.5) is 0 Å². The Hall–Kier alpha value is -2.64. The first-order valence-corrected chi connectivity index (χ1v) is 10.9. The molecule has 0 radical (unpaired) electrons. The molecule has 7 fully saturated rings. The Morgan fingerprint density at radius 2 is 0.903 bits per heavy atom. The minimum absolute atomic E-state index is 0.0295. The third-order valence-electron chi connectivity index (χ3n) is 8.69. The number of esters is 4. The van der Waals surface area contributed by atoms with Crippen molar-refractivity contribution in [2.75, 3.05) is 0 Å². The lowest BCUT2D eigenvalue weighted by atomic mass is 9.56. The average molecular weight is 426 g/mol. The lowest BCUT2D eigenvalue weighted by molar-refractivity contribution is -0.225. The second-order valence-electron chi connectivity index (χ2n) is 10.8. The quantitative estimate of drug-likeness (QED) is 0.327. The molecular formula is C23H22O8. The molecule has 5 aliphatic carbocycles. The number of carbonyl (C=O) groups is 4. The summed E-state index contributed by atoms with van der Waals surface area (Å²) in [6, 6.07) is 0. The zero-order valence-electron chi connectivity index (χ0n) is 17.6. The summed E-state index contributed by atoms with van der Waals surface area (Å²) in [5.41, 5.74) is 1.76. The molecule has 0 spiro atoms. The number of rotatable bonds is 0. The van der Waals surface area contributed by atoms with Gasteiger partial charge in [-0.3, -0.25) is 0 Å². The van der Waals surface area contributed by atoms with Crippen LogP contribution in [0.15, 0.2) is 22.3 Å². The van der Waals surface area contributed by atoms with E-state index >= 15 is 0 Å². The number of hydrogen-bond donors (Lipinski definition) is 0. The van der Waals surface area contributed by atoms with Crippen molar-refractivity contribution in [3.63, 3.8) is 0 Å². The maximum Gasteiger partial charge on any atom is 0.348 e. The molecular weight excluding hydrogens is 404 g/mol. The summed E-state index contributed by atoms with van der Waals surface area (Å²) in [6.45, 7) is 6.15. The molecule has 8 heteroatoms. The van der Waals surface area contributed by atoms with Gasteiger partial charge in [-0.1, -0.05) is 0 Å². The minimum atomic E-state index is -1.28. The van der Waals surface area contributed by atoms with Crippen molar-refractivity contribution in [2.45, 2.75) is 45.7 Å². The monoisotopic (exact) mass is 426 g/mol. The van der Waals surface area contributed by atoms with Crippen molar-refractivity contribution < 1.29 is 38.1 Å². The van der Waals surface area contributed by atoms with Crippen LogP contribution in [0.5, 0.6) is 0 Å². The van der Waals surface area contributed by atoms with Crippen molar-refractivity contribution in [1.82, 2.24) is 0 Å². The van der Waals surface area contributed by atoms with Crippen molar-refractivity contribution in [3.05, 3.63) is 22.3 Å². The van der Waals surface area contributed by atoms with Crippen LogP contribution in [0.25, 0.3) is 0 Å². The van der Waals surface area contributed by atoms with Crippen molar-refractivity contribution in [3.8, 4) is 0 Å². The van der Waals surface area contributed by atoms with Gasteiger partial charge in [0.2, 0.25) is 0 Å². The molecule has 7 rings (SSSR count). The van der Waals surface area contributed by atoms with Crippen LogP contribution in [0.3, 0.4) is 0 Å². The molecule has 2 bridgehead atoms. The van der Waals surface area contributed by atoms with E-state index in [4.69, 9.17) is 18.9 Å². The van der Waals surface area contributed by atoms with Crippen LogP contribution in [-0.4, -0.2) is 35.5 Å². The second-order valence-corrected chi connectivity index (χ2v) is 10.8. The van der Waals surface area contributed by atoms with E-state index in [1.165, 1.54) is 27.7 Å². The topological polar surface area (TPSA) is 105 Å². The van der Waals surface area contributed by atoms with Crippen LogP contribution < -0.4 is 0 Å². The summed E-state index contributed by atoms with van der Waals surface area (Å²) in [5.74, 6) is -3.71. The molecule has 8 nitrogen and oxygen atoms in total. The molecule has 0 aromatic heterocycles. The van der Waals surface area contributed by atoms with Gasteiger partial charge >= 0.3 is 23.9 Å². The molecule has 0 amide bonds. The molecule has 5 saturated carbocycles. The third-order valence-corrected chi connectivity index (χ3v) is 8.69. The average Bonchev–Trinajstić information content (AvgIpc) is 3.11. The Labute approximate surface area is 177 Å². The zero-order valence-corrected chi connectivity index (χ0v) is 17.6. The molecule has 2 aliphatic heterocycles. The van der Waals surface area contributed by atoms with Crippen LogP contribution in [0.1, 0.15) is 34.1 Å². The number of fused-ring (bicyclic) bond motifs is 2. The Morgan fingerprint density at radius 1 is 0.581 bits per heavy atom. The Bertz CT molecular complexity index is 973. The summed E-state index contributed by atoms with van der Waals surface area (Å²) in [5, 5.41) is 0. The van der Waals surface area contributed by atoms with Gasteiger partial charge in [-0.2, -0.15) is 0 Å². The van der Waals surface area contributed by atoms with E-state index < -0.39 is 35.5 Å². The predicted molar refractivity (Wildman–Crippen MR) is 99.1 cm³/mol. The lowest BCUT2D eigenvalue weighted by Gasteiger charge is -2.47. The highest BCUT2D eigenvalue weighted by atomic mass is 16.7. The maximum absolute atomic E-state index is 12.8. The smallest absolute Gasteiger partial charge is 0.348 e. The van der Waals surface area contributed by atoms with Gasteiger partial charge in [0.25, 0.3) is 11.6 Å². The first-order valence-electron chi connectivity index (χ1n) is 10.9. The summed E-state index contributed by atoms with van der Waals surface area (Å²) >= 11 is 0. The van der Waals surface area contributed by atoms with Crippen LogP contribution in [0.2, 0.25) is 0 Å². The molecule has 162 valence electrons. The number of cyclic esters (lactones) is 4. The maximum atomic E-state index is 12.8. The highest BCUT2D eigenvalue weighted by Crippen LogP contribution is 2.86. The molecule has 2 saturated heterocycles. The highest BCUT2D eigenvalue weighted by Gasteiger charge is 2.82. The van der Waals surface area contributed by atoms with Gasteiger partial charge in [0, 0.05) is 27.7 Å². The van der Waals surface area contributed by atoms with E-state index in [0.29, 0.717) is 23.7 Å². The summed E-state index contributed by atoms with van der Waals surface area (Å²) in [4.78, 5) is 51.3. The van der Waals surface area contributed by atoms with Gasteiger partial charge in [-0.05, 0) is 64.9 Å². The first kappa shape index (κ1) is 18.0. The Morgan fingerprint density at radius 3 is 1.23 bits per heavy atom. The van der Waals surface area contributed by atoms with Gasteiger partial charge in [-0.15, -0.1) is 0 Å². The number of ether oxygens (including phenoxy) is 4. The van der Waals surface area contributed by atoms with Gasteiger partial charge < -0.3 is 18.9 Å². The van der Waals surface area contributed by atoms with Gasteiger partial charge in [0.1, 0.15) is 11.1 Å². The van der Waals surface area contributed by atoms with Gasteiger partial charge in [-0.25, -0.2) is 19.2 Å². The predicted octanol–water partition coefficient (Wildman–Crippen LogP) is 1.64. The van der Waals surface area contributed by atoms with E-state index in [1.54, 1.807) is 0 Å². The summed E-state index contributed by atoms with van der Waals surface area (Å²) in [7, 11) is 0. The van der Waals surface area contributed by atoms with E-state index in [-0.39, 0.29) is 34.8 Å². The highest BCUT2D eigenvalue weighted by molar-refractivity contribution is 6.17. The van der Waals surface area contributed by atoms with E-state index in [2.05, 4.69) is 0 Å². The summed E-state index contributed by atoms with van der Waals surface area (Å²) in [6.07, 6.45) is 0.996. The molecule has 8 atom stereocenters. The molecule has 2 heterocycles. The number of allylic oxidation sites excluding steroid dienone is 2. The second kappa shape index (κ2) is 4.89. The first-order chi connectivity index (χ1) is 14.5. The van der Waals surface area contributed by atoms with Crippen molar-refractivity contribution in [2.24, 2.45) is 47.3 Å². The molecule has 0 aromatic carbocycles. The van der Waals surface area contributed by atoms with Crippen LogP contribution >= 0.6 is 0 Å². The van der Waals surface area contributed by atoms with Crippen LogP contribution in [0, 0.1) is 47.3 Å². The molecule has 0 aromatic rings. The SMILES string of the molecule is CC1(C)OC(=O)C(=C2[C@@H]3[C@H]4C[C@H]5[C@@H]3C(=C3C(=O)OC(C)(C)OC3=O)[C@@H]3[C@@H]2[C@@H]4[C@@H]53)C(=O)O1. The number of carbonyl (C=O) groups excluding carboxylic acids is 4. The fraction of sp³-hybridized carbons (Fsp3) is 0.652. The molecule has 0 unspecified atom stereocenters. The number of hydrogen-bond acceptors (Lipinski definition) is 8. The Kier molecular flexibility index (Phi) is 2.84. The van der Waals surface area contributed by atoms with E-state index in [0.717, 1.165) is 17.6 Å². The lowest BCUT2D eigenvalue weighted by Crippen LogP contribution is -2.48. The van der Waals surface area contributed by atoms with Crippen molar-refractivity contribution in [1.29, 1.82) is 0 Å². The normalized spacial score (nSPS) is 46.8. The summed E-state index contributed by atoms with van der Waals surface area (Å²) < 4.78 is 21.5. The fourth-order valence-corrected chi connectivity index (χ4v) is 8.39. The zero-order chi connectivity index (χ0) is 21.8. The molecule has 31 heavy (non-hydrogen) atoms. The van der Waals surface area contributed by atoms with Gasteiger partial charge in [0.05, 0.1) is 0 Å².